The molecule has 0 aromatic carbocycles. The van der Waals surface area contributed by atoms with Gasteiger partial charge in [-0.05, 0) is 18.8 Å². The van der Waals surface area contributed by atoms with Crippen LogP contribution >= 0.6 is 0 Å². The Morgan fingerprint density at radius 2 is 1.90 bits per heavy atom. The van der Waals surface area contributed by atoms with Crippen molar-refractivity contribution in [2.24, 2.45) is 5.92 Å². The number of hydrogen-bond acceptors (Lipinski definition) is 1. The van der Waals surface area contributed by atoms with E-state index in [2.05, 4.69) is 13.8 Å². The van der Waals surface area contributed by atoms with Crippen molar-refractivity contribution in [1.82, 2.24) is 0 Å². The van der Waals surface area contributed by atoms with Crippen LogP contribution in [0.25, 0.3) is 0 Å². The number of aliphatic hydroxyl groups excluding tert-OH is 1. The Balaban J connectivity index is 3.21. The van der Waals surface area contributed by atoms with Crippen LogP contribution in [0.3, 0.4) is 0 Å². The van der Waals surface area contributed by atoms with Gasteiger partial charge in [-0.25, -0.2) is 0 Å². The molecular weight excluding hydrogens is 124 g/mol. The van der Waals surface area contributed by atoms with E-state index in [9.17, 15) is 0 Å². The molecule has 0 aliphatic carbocycles. The van der Waals surface area contributed by atoms with Crippen molar-refractivity contribution in [1.29, 1.82) is 0 Å². The number of rotatable bonds is 6. The maximum Gasteiger partial charge on any atom is 0.0431 e. The van der Waals surface area contributed by atoms with Gasteiger partial charge in [0.05, 0.1) is 0 Å². The van der Waals surface area contributed by atoms with Gasteiger partial charge in [-0.3, -0.25) is 0 Å². The van der Waals surface area contributed by atoms with Gasteiger partial charge in [0, 0.05) is 6.61 Å². The van der Waals surface area contributed by atoms with Crippen LogP contribution < -0.4 is 0 Å². The summed E-state index contributed by atoms with van der Waals surface area (Å²) in [6.07, 6.45) is 6.08. The standard InChI is InChI=1S/C9H20O/c1-3-6-9(4-2)7-5-8-10/h9-10H,3-8H2,1-2H3/t9-/m0/s1. The van der Waals surface area contributed by atoms with Crippen molar-refractivity contribution in [3.8, 4) is 0 Å². The van der Waals surface area contributed by atoms with E-state index in [1.165, 1.54) is 25.7 Å². The van der Waals surface area contributed by atoms with Gasteiger partial charge in [0.1, 0.15) is 0 Å². The maximum atomic E-state index is 8.58. The van der Waals surface area contributed by atoms with Crippen molar-refractivity contribution >= 4 is 0 Å². The van der Waals surface area contributed by atoms with Gasteiger partial charge in [0.2, 0.25) is 0 Å². The summed E-state index contributed by atoms with van der Waals surface area (Å²) in [6.45, 7) is 4.82. The molecule has 0 radical (unpaired) electrons. The summed E-state index contributed by atoms with van der Waals surface area (Å²) in [5, 5.41) is 8.58. The zero-order valence-corrected chi connectivity index (χ0v) is 7.27. The van der Waals surface area contributed by atoms with Crippen LogP contribution in [0, 0.1) is 5.92 Å². The molecule has 0 spiro atoms. The monoisotopic (exact) mass is 144 g/mol. The van der Waals surface area contributed by atoms with Crippen molar-refractivity contribution in [2.75, 3.05) is 6.61 Å². The minimum atomic E-state index is 0.361. The van der Waals surface area contributed by atoms with E-state index in [1.54, 1.807) is 0 Å². The minimum Gasteiger partial charge on any atom is -0.396 e. The van der Waals surface area contributed by atoms with Gasteiger partial charge in [0.25, 0.3) is 0 Å². The summed E-state index contributed by atoms with van der Waals surface area (Å²) >= 11 is 0. The Morgan fingerprint density at radius 1 is 1.20 bits per heavy atom. The van der Waals surface area contributed by atoms with Gasteiger partial charge < -0.3 is 5.11 Å². The van der Waals surface area contributed by atoms with Crippen LogP contribution in [-0.2, 0) is 0 Å². The normalized spacial score (nSPS) is 13.5. The molecule has 1 nitrogen and oxygen atoms in total. The highest BCUT2D eigenvalue weighted by atomic mass is 16.2. The van der Waals surface area contributed by atoms with E-state index in [4.69, 9.17) is 5.11 Å². The Kier molecular flexibility index (Phi) is 7.04. The zero-order chi connectivity index (χ0) is 7.82. The van der Waals surface area contributed by atoms with E-state index in [1.807, 2.05) is 0 Å². The molecule has 0 aliphatic rings. The first-order valence-electron chi connectivity index (χ1n) is 4.46. The zero-order valence-electron chi connectivity index (χ0n) is 7.27. The Bertz CT molecular complexity index is 61.7. The molecule has 62 valence electrons. The van der Waals surface area contributed by atoms with Crippen LogP contribution in [0.15, 0.2) is 0 Å². The molecule has 0 rings (SSSR count). The second kappa shape index (κ2) is 7.07. The van der Waals surface area contributed by atoms with Gasteiger partial charge in [0.15, 0.2) is 0 Å². The quantitative estimate of drug-likeness (QED) is 0.607. The summed E-state index contributed by atoms with van der Waals surface area (Å²) in [7, 11) is 0. The second-order valence-corrected chi connectivity index (χ2v) is 2.93. The third-order valence-corrected chi connectivity index (χ3v) is 2.04. The van der Waals surface area contributed by atoms with E-state index in [-0.39, 0.29) is 0 Å². The summed E-state index contributed by atoms with van der Waals surface area (Å²) in [6, 6.07) is 0. The van der Waals surface area contributed by atoms with Crippen LogP contribution in [-0.4, -0.2) is 11.7 Å². The van der Waals surface area contributed by atoms with Crippen LogP contribution in [0.2, 0.25) is 0 Å². The van der Waals surface area contributed by atoms with E-state index >= 15 is 0 Å². The lowest BCUT2D eigenvalue weighted by Crippen LogP contribution is -1.99. The molecule has 0 fully saturated rings. The SMILES string of the molecule is CCC[C@H](CC)CCCO. The Morgan fingerprint density at radius 3 is 2.30 bits per heavy atom. The summed E-state index contributed by atoms with van der Waals surface area (Å²) in [4.78, 5) is 0. The van der Waals surface area contributed by atoms with E-state index in [0.717, 1.165) is 12.3 Å². The third kappa shape index (κ3) is 4.80. The smallest absolute Gasteiger partial charge is 0.0431 e. The molecule has 0 amide bonds. The molecule has 0 saturated heterocycles. The van der Waals surface area contributed by atoms with Crippen LogP contribution in [0.1, 0.15) is 46.0 Å². The highest BCUT2D eigenvalue weighted by Gasteiger charge is 2.02. The lowest BCUT2D eigenvalue weighted by Gasteiger charge is -2.11. The van der Waals surface area contributed by atoms with Crippen molar-refractivity contribution < 1.29 is 5.11 Å². The molecule has 0 aromatic rings. The van der Waals surface area contributed by atoms with Gasteiger partial charge in [-0.15, -0.1) is 0 Å². The largest absolute Gasteiger partial charge is 0.396 e. The molecule has 0 aliphatic heterocycles. The average molecular weight is 144 g/mol. The average Bonchev–Trinajstić information content (AvgIpc) is 1.98. The summed E-state index contributed by atoms with van der Waals surface area (Å²) in [5.74, 6) is 0.858. The Hall–Kier alpha value is -0.0400. The van der Waals surface area contributed by atoms with Gasteiger partial charge in [-0.2, -0.15) is 0 Å². The molecule has 0 bridgehead atoms. The third-order valence-electron chi connectivity index (χ3n) is 2.04. The molecule has 0 saturated carbocycles. The highest BCUT2D eigenvalue weighted by molar-refractivity contribution is 4.55. The molecule has 10 heavy (non-hydrogen) atoms. The fourth-order valence-electron chi connectivity index (χ4n) is 1.34. The maximum absolute atomic E-state index is 8.58. The van der Waals surface area contributed by atoms with Crippen molar-refractivity contribution in [2.45, 2.75) is 46.0 Å². The molecule has 0 aromatic heterocycles. The topological polar surface area (TPSA) is 20.2 Å². The van der Waals surface area contributed by atoms with E-state index < -0.39 is 0 Å². The molecule has 1 heteroatoms. The highest BCUT2D eigenvalue weighted by Crippen LogP contribution is 2.16. The predicted molar refractivity (Wildman–Crippen MR) is 45.0 cm³/mol. The van der Waals surface area contributed by atoms with Crippen LogP contribution in [0.5, 0.6) is 0 Å². The van der Waals surface area contributed by atoms with Crippen molar-refractivity contribution in [3.63, 3.8) is 0 Å². The van der Waals surface area contributed by atoms with Crippen molar-refractivity contribution in [3.05, 3.63) is 0 Å². The first kappa shape index (κ1) is 9.96. The summed E-state index contributed by atoms with van der Waals surface area (Å²) in [5.41, 5.74) is 0. The lowest BCUT2D eigenvalue weighted by molar-refractivity contribution is 0.266. The first-order valence-corrected chi connectivity index (χ1v) is 4.46. The van der Waals surface area contributed by atoms with Gasteiger partial charge >= 0.3 is 0 Å². The second-order valence-electron chi connectivity index (χ2n) is 2.93. The molecular formula is C9H20O. The fraction of sp³-hybridized carbons (Fsp3) is 1.00. The first-order chi connectivity index (χ1) is 4.85. The van der Waals surface area contributed by atoms with Gasteiger partial charge in [-0.1, -0.05) is 33.1 Å². The molecule has 0 unspecified atom stereocenters. The molecule has 1 atom stereocenters. The molecule has 1 N–H and O–H groups in total. The predicted octanol–water partition coefficient (Wildman–Crippen LogP) is 2.59. The summed E-state index contributed by atoms with van der Waals surface area (Å²) < 4.78 is 0. The fourth-order valence-corrected chi connectivity index (χ4v) is 1.34. The lowest BCUT2D eigenvalue weighted by atomic mass is 9.96. The molecule has 0 heterocycles. The number of hydrogen-bond donors (Lipinski definition) is 1. The minimum absolute atomic E-state index is 0.361. The number of aliphatic hydroxyl groups is 1. The van der Waals surface area contributed by atoms with Crippen LogP contribution in [0.4, 0.5) is 0 Å². The Labute approximate surface area is 64.5 Å². The van der Waals surface area contributed by atoms with E-state index in [0.29, 0.717) is 6.61 Å².